The number of aryl methyl sites for hydroxylation is 2. The first-order valence-corrected chi connectivity index (χ1v) is 9.45. The van der Waals surface area contributed by atoms with E-state index < -0.39 is 0 Å². The van der Waals surface area contributed by atoms with Crippen molar-refractivity contribution in [1.82, 2.24) is 19.4 Å². The zero-order valence-corrected chi connectivity index (χ0v) is 18.6. The number of rotatable bonds is 5. The first-order chi connectivity index (χ1) is 12.5. The van der Waals surface area contributed by atoms with Crippen LogP contribution < -0.4 is 28.5 Å². The molecule has 0 saturated carbocycles. The Bertz CT molecular complexity index is 742. The van der Waals surface area contributed by atoms with Crippen molar-refractivity contribution in [3.63, 3.8) is 0 Å². The van der Waals surface area contributed by atoms with Gasteiger partial charge >= 0.3 is 0 Å². The van der Waals surface area contributed by atoms with Crippen LogP contribution in [-0.4, -0.2) is 47.5 Å². The standard InChI is InChI=1S/C21H29N4O.HI/c1-17-14-20(23-18(2)22-17)25(3,15-19-10-6-4-7-11-19)16-21(26)24-12-8-5-9-13-24;/h4,6-7,10-11,14H,5,8-9,12-13,15-16H2,1-3H3;1H/q+1;/p-1. The topological polar surface area (TPSA) is 46.1 Å². The number of likely N-dealkylation sites (N-methyl/N-ethyl adjacent to an activating group) is 1. The summed E-state index contributed by atoms with van der Waals surface area (Å²) in [7, 11) is 2.11. The highest BCUT2D eigenvalue weighted by Crippen LogP contribution is 2.24. The van der Waals surface area contributed by atoms with Crippen molar-refractivity contribution in [3.8, 4) is 0 Å². The van der Waals surface area contributed by atoms with Gasteiger partial charge in [0.15, 0.2) is 6.54 Å². The molecule has 6 heteroatoms. The van der Waals surface area contributed by atoms with Crippen LogP contribution in [0.15, 0.2) is 36.4 Å². The van der Waals surface area contributed by atoms with Crippen molar-refractivity contribution in [2.24, 2.45) is 0 Å². The van der Waals surface area contributed by atoms with Crippen LogP contribution in [0.2, 0.25) is 0 Å². The molecule has 5 nitrogen and oxygen atoms in total. The average molecular weight is 480 g/mol. The first kappa shape index (κ1) is 21.8. The molecule has 1 aromatic carbocycles. The lowest BCUT2D eigenvalue weighted by molar-refractivity contribution is -0.132. The number of aromatic nitrogens is 2. The number of quaternary nitrogens is 1. The van der Waals surface area contributed by atoms with Gasteiger partial charge in [-0.2, -0.15) is 4.98 Å². The van der Waals surface area contributed by atoms with Crippen LogP contribution in [-0.2, 0) is 11.3 Å². The van der Waals surface area contributed by atoms with Gasteiger partial charge in [-0.25, -0.2) is 4.98 Å². The highest BCUT2D eigenvalue weighted by atomic mass is 127. The summed E-state index contributed by atoms with van der Waals surface area (Å²) in [5.41, 5.74) is 2.14. The zero-order chi connectivity index (χ0) is 18.6. The molecule has 0 aliphatic carbocycles. The second kappa shape index (κ2) is 9.59. The number of hydrogen-bond acceptors (Lipinski definition) is 3. The summed E-state index contributed by atoms with van der Waals surface area (Å²) in [4.78, 5) is 24.1. The smallest absolute Gasteiger partial charge is 0.278 e. The molecule has 1 aliphatic heterocycles. The first-order valence-electron chi connectivity index (χ1n) is 9.45. The largest absolute Gasteiger partial charge is 1.00 e. The molecular formula is C21H29IN4O. The van der Waals surface area contributed by atoms with Crippen LogP contribution >= 0.6 is 0 Å². The van der Waals surface area contributed by atoms with E-state index in [2.05, 4.69) is 24.2 Å². The Kier molecular flexibility index (Phi) is 7.73. The highest BCUT2D eigenvalue weighted by molar-refractivity contribution is 5.80. The predicted octanol–water partition coefficient (Wildman–Crippen LogP) is 0.247. The number of likely N-dealkylation sites (tertiary alicyclic amines) is 1. The monoisotopic (exact) mass is 480 g/mol. The molecule has 1 fully saturated rings. The van der Waals surface area contributed by atoms with Crippen LogP contribution in [0.25, 0.3) is 0 Å². The van der Waals surface area contributed by atoms with Crippen LogP contribution in [0.5, 0.6) is 0 Å². The fraction of sp³-hybridized carbons (Fsp3) is 0.476. The van der Waals surface area contributed by atoms with E-state index in [0.717, 1.165) is 49.8 Å². The summed E-state index contributed by atoms with van der Waals surface area (Å²) >= 11 is 0. The van der Waals surface area contributed by atoms with Gasteiger partial charge in [-0.15, -0.1) is 0 Å². The molecule has 2 aromatic rings. The van der Waals surface area contributed by atoms with Gasteiger partial charge < -0.3 is 28.9 Å². The molecule has 1 aromatic heterocycles. The predicted molar refractivity (Wildman–Crippen MR) is 105 cm³/mol. The Morgan fingerprint density at radius 2 is 1.74 bits per heavy atom. The van der Waals surface area contributed by atoms with E-state index in [1.807, 2.05) is 43.0 Å². The molecule has 1 atom stereocenters. The molecule has 27 heavy (non-hydrogen) atoms. The van der Waals surface area contributed by atoms with Crippen molar-refractivity contribution < 1.29 is 28.8 Å². The molecule has 1 saturated heterocycles. The minimum absolute atomic E-state index is 0. The van der Waals surface area contributed by atoms with E-state index in [4.69, 9.17) is 4.98 Å². The maximum Gasteiger partial charge on any atom is 0.278 e. The van der Waals surface area contributed by atoms with Gasteiger partial charge in [-0.1, -0.05) is 30.3 Å². The van der Waals surface area contributed by atoms with Gasteiger partial charge in [-0.05, 0) is 33.1 Å². The van der Waals surface area contributed by atoms with Gasteiger partial charge in [0.1, 0.15) is 12.4 Å². The summed E-state index contributed by atoms with van der Waals surface area (Å²) in [6, 6.07) is 12.3. The van der Waals surface area contributed by atoms with Gasteiger partial charge in [-0.3, -0.25) is 9.28 Å². The summed E-state index contributed by atoms with van der Waals surface area (Å²) in [5, 5.41) is 0. The quantitative estimate of drug-likeness (QED) is 0.456. The van der Waals surface area contributed by atoms with E-state index in [1.54, 1.807) is 0 Å². The van der Waals surface area contributed by atoms with Gasteiger partial charge in [0.05, 0.1) is 7.05 Å². The lowest BCUT2D eigenvalue weighted by Gasteiger charge is -2.35. The number of benzene rings is 1. The second-order valence-electron chi connectivity index (χ2n) is 7.55. The van der Waals surface area contributed by atoms with E-state index in [9.17, 15) is 4.79 Å². The van der Waals surface area contributed by atoms with Crippen molar-refractivity contribution in [1.29, 1.82) is 0 Å². The minimum Gasteiger partial charge on any atom is -1.00 e. The third-order valence-electron chi connectivity index (χ3n) is 5.07. The molecule has 1 unspecified atom stereocenters. The molecule has 1 amide bonds. The second-order valence-corrected chi connectivity index (χ2v) is 7.55. The SMILES string of the molecule is Cc1cc([N+](C)(CC(=O)N2CCCCC2)Cc2ccccc2)nc(C)n1.[I-]. The summed E-state index contributed by atoms with van der Waals surface area (Å²) in [6.07, 6.45) is 3.45. The van der Waals surface area contributed by atoms with Gasteiger partial charge in [0, 0.05) is 30.4 Å². The van der Waals surface area contributed by atoms with Crippen molar-refractivity contribution in [2.75, 3.05) is 26.7 Å². The average Bonchev–Trinajstić information content (AvgIpc) is 2.62. The van der Waals surface area contributed by atoms with E-state index in [1.165, 1.54) is 12.0 Å². The highest BCUT2D eigenvalue weighted by Gasteiger charge is 2.33. The van der Waals surface area contributed by atoms with Crippen LogP contribution in [0.1, 0.15) is 36.3 Å². The molecule has 1 aliphatic rings. The number of amides is 1. The molecular weight excluding hydrogens is 451 g/mol. The number of hydrogen-bond donors (Lipinski definition) is 0. The lowest BCUT2D eigenvalue weighted by Crippen LogP contribution is -3.00. The van der Waals surface area contributed by atoms with Crippen molar-refractivity contribution >= 4 is 11.7 Å². The molecule has 0 bridgehead atoms. The molecule has 0 N–H and O–H groups in total. The van der Waals surface area contributed by atoms with Gasteiger partial charge in [0.2, 0.25) is 5.82 Å². The zero-order valence-electron chi connectivity index (χ0n) is 16.5. The Hall–Kier alpha value is -1.54. The lowest BCUT2D eigenvalue weighted by atomic mass is 10.1. The maximum atomic E-state index is 13.0. The summed E-state index contributed by atoms with van der Waals surface area (Å²) in [5.74, 6) is 1.88. The summed E-state index contributed by atoms with van der Waals surface area (Å²) in [6.45, 7) is 6.81. The number of carbonyl (C=O) groups excluding carboxylic acids is 1. The Labute approximate surface area is 179 Å². The Morgan fingerprint density at radius 3 is 2.37 bits per heavy atom. The Balaban J connectivity index is 0.00000261. The normalized spacial score (nSPS) is 16.3. The number of carbonyl (C=O) groups is 1. The van der Waals surface area contributed by atoms with Crippen LogP contribution in [0.3, 0.4) is 0 Å². The van der Waals surface area contributed by atoms with Crippen molar-refractivity contribution in [3.05, 3.63) is 53.5 Å². The number of nitrogens with zero attached hydrogens (tertiary/aromatic N) is 4. The molecule has 3 rings (SSSR count). The van der Waals surface area contributed by atoms with Gasteiger partial charge in [0.25, 0.3) is 5.91 Å². The van der Waals surface area contributed by atoms with E-state index >= 15 is 0 Å². The van der Waals surface area contributed by atoms with Crippen LogP contribution in [0, 0.1) is 13.8 Å². The van der Waals surface area contributed by atoms with E-state index in [-0.39, 0.29) is 29.9 Å². The van der Waals surface area contributed by atoms with Crippen LogP contribution in [0.4, 0.5) is 5.82 Å². The molecule has 2 heterocycles. The fourth-order valence-electron chi connectivity index (χ4n) is 3.72. The molecule has 0 radical (unpaired) electrons. The molecule has 146 valence electrons. The van der Waals surface area contributed by atoms with E-state index in [0.29, 0.717) is 11.0 Å². The minimum atomic E-state index is 0. The third-order valence-corrected chi connectivity index (χ3v) is 5.07. The fourth-order valence-corrected chi connectivity index (χ4v) is 3.72. The summed E-state index contributed by atoms with van der Waals surface area (Å²) < 4.78 is 0.462. The molecule has 0 spiro atoms. The Morgan fingerprint density at radius 1 is 1.07 bits per heavy atom. The van der Waals surface area contributed by atoms with Crippen molar-refractivity contribution in [2.45, 2.75) is 39.7 Å². The third kappa shape index (κ3) is 5.72. The number of halogens is 1. The maximum absolute atomic E-state index is 13.0. The number of piperidine rings is 1.